The monoisotopic (exact) mass is 285 g/mol. The molecule has 2 rings (SSSR count). The third kappa shape index (κ3) is 4.18. The van der Waals surface area contributed by atoms with Gasteiger partial charge in [-0.15, -0.1) is 0 Å². The molecule has 0 spiro atoms. The molecule has 0 saturated carbocycles. The van der Waals surface area contributed by atoms with Crippen molar-refractivity contribution in [3.8, 4) is 0 Å². The fourth-order valence-electron chi connectivity index (χ4n) is 2.00. The number of ether oxygens (including phenoxy) is 1. The van der Waals surface area contributed by atoms with E-state index in [1.807, 2.05) is 6.92 Å². The van der Waals surface area contributed by atoms with Crippen molar-refractivity contribution >= 4 is 23.5 Å². The Morgan fingerprint density at radius 3 is 2.42 bits per heavy atom. The van der Waals surface area contributed by atoms with Crippen molar-refractivity contribution in [1.82, 2.24) is 15.0 Å². The van der Waals surface area contributed by atoms with Crippen LogP contribution in [-0.4, -0.2) is 41.3 Å². The van der Waals surface area contributed by atoms with Crippen molar-refractivity contribution < 1.29 is 4.74 Å². The lowest BCUT2D eigenvalue weighted by Gasteiger charge is -2.33. The van der Waals surface area contributed by atoms with Crippen molar-refractivity contribution in [1.29, 1.82) is 0 Å². The Morgan fingerprint density at radius 1 is 1.16 bits per heavy atom. The molecule has 0 radical (unpaired) electrons. The molecule has 1 aromatic rings. The van der Waals surface area contributed by atoms with Gasteiger partial charge in [-0.05, 0) is 36.8 Å². The van der Waals surface area contributed by atoms with Gasteiger partial charge >= 0.3 is 0 Å². The topological polar surface area (TPSA) is 72.0 Å². The van der Waals surface area contributed by atoms with Crippen molar-refractivity contribution in [3.05, 3.63) is 5.28 Å². The lowest BCUT2D eigenvalue weighted by atomic mass is 9.82. The Hall–Kier alpha value is -1.14. The van der Waals surface area contributed by atoms with E-state index in [4.69, 9.17) is 16.3 Å². The molecule has 7 heteroatoms. The van der Waals surface area contributed by atoms with Gasteiger partial charge in [0.05, 0.1) is 0 Å². The van der Waals surface area contributed by atoms with Gasteiger partial charge < -0.3 is 15.4 Å². The van der Waals surface area contributed by atoms with E-state index in [2.05, 4.69) is 32.5 Å². The fraction of sp³-hybridized carbons (Fsp3) is 0.750. The summed E-state index contributed by atoms with van der Waals surface area (Å²) in [7, 11) is 0. The van der Waals surface area contributed by atoms with E-state index in [9.17, 15) is 0 Å². The van der Waals surface area contributed by atoms with Gasteiger partial charge in [-0.3, -0.25) is 0 Å². The predicted molar refractivity (Wildman–Crippen MR) is 75.7 cm³/mol. The maximum absolute atomic E-state index is 5.88. The second-order valence-corrected chi connectivity index (χ2v) is 5.40. The van der Waals surface area contributed by atoms with Gasteiger partial charge in [-0.2, -0.15) is 15.0 Å². The molecule has 0 unspecified atom stereocenters. The summed E-state index contributed by atoms with van der Waals surface area (Å²) in [5.41, 5.74) is 0.218. The highest BCUT2D eigenvalue weighted by atomic mass is 35.5. The zero-order valence-electron chi connectivity index (χ0n) is 11.4. The molecule has 0 atom stereocenters. The van der Waals surface area contributed by atoms with Gasteiger partial charge in [0, 0.05) is 26.3 Å². The van der Waals surface area contributed by atoms with Crippen molar-refractivity contribution in [2.45, 2.75) is 26.7 Å². The van der Waals surface area contributed by atoms with Crippen LogP contribution in [0, 0.1) is 5.41 Å². The molecular weight excluding hydrogens is 266 g/mol. The van der Waals surface area contributed by atoms with Gasteiger partial charge in [-0.25, -0.2) is 0 Å². The lowest BCUT2D eigenvalue weighted by molar-refractivity contribution is 0.0299. The third-order valence-corrected chi connectivity index (χ3v) is 3.49. The van der Waals surface area contributed by atoms with E-state index in [1.165, 1.54) is 0 Å². The first-order valence-electron chi connectivity index (χ1n) is 6.58. The van der Waals surface area contributed by atoms with Crippen LogP contribution in [0.25, 0.3) is 0 Å². The normalized spacial score (nSPS) is 18.1. The highest BCUT2D eigenvalue weighted by molar-refractivity contribution is 6.28. The number of hydrogen-bond acceptors (Lipinski definition) is 6. The highest BCUT2D eigenvalue weighted by Gasteiger charge is 2.27. The van der Waals surface area contributed by atoms with Crippen LogP contribution in [0.3, 0.4) is 0 Å². The molecular formula is C12H20ClN5O. The summed E-state index contributed by atoms with van der Waals surface area (Å²) >= 11 is 5.88. The Bertz CT molecular complexity index is 423. The van der Waals surface area contributed by atoms with E-state index >= 15 is 0 Å². The van der Waals surface area contributed by atoms with E-state index < -0.39 is 0 Å². The summed E-state index contributed by atoms with van der Waals surface area (Å²) in [4.78, 5) is 12.4. The number of aromatic nitrogens is 3. The Balaban J connectivity index is 1.98. The SMILES string of the molecule is CCNc1nc(Cl)nc(NCC2(C)CCOCC2)n1. The second-order valence-electron chi connectivity index (χ2n) is 5.06. The second kappa shape index (κ2) is 6.34. The maximum Gasteiger partial charge on any atom is 0.228 e. The minimum atomic E-state index is 0.200. The minimum absolute atomic E-state index is 0.200. The van der Waals surface area contributed by atoms with E-state index in [0.29, 0.717) is 11.9 Å². The third-order valence-electron chi connectivity index (χ3n) is 3.32. The molecule has 0 aliphatic carbocycles. The quantitative estimate of drug-likeness (QED) is 0.864. The number of anilines is 2. The van der Waals surface area contributed by atoms with Crippen LogP contribution >= 0.6 is 11.6 Å². The number of rotatable bonds is 5. The average Bonchev–Trinajstić information content (AvgIpc) is 2.37. The molecule has 106 valence electrons. The largest absolute Gasteiger partial charge is 0.381 e. The summed E-state index contributed by atoms with van der Waals surface area (Å²) in [6.45, 7) is 7.42. The standard InChI is InChI=1S/C12H20ClN5O/c1-3-14-10-16-9(13)17-11(18-10)15-8-12(2)4-6-19-7-5-12/h3-8H2,1-2H3,(H2,14,15,16,17,18). The fourth-order valence-corrected chi connectivity index (χ4v) is 2.16. The number of nitrogens with zero attached hydrogens (tertiary/aromatic N) is 3. The Labute approximate surface area is 118 Å². The predicted octanol–water partition coefficient (Wildman–Crippen LogP) is 2.19. The first-order valence-corrected chi connectivity index (χ1v) is 6.96. The summed E-state index contributed by atoms with van der Waals surface area (Å²) in [5, 5.41) is 6.48. The molecule has 0 bridgehead atoms. The van der Waals surface area contributed by atoms with E-state index in [0.717, 1.165) is 39.1 Å². The average molecular weight is 286 g/mol. The molecule has 1 fully saturated rings. The minimum Gasteiger partial charge on any atom is -0.381 e. The summed E-state index contributed by atoms with van der Waals surface area (Å²) in [5.74, 6) is 1.02. The van der Waals surface area contributed by atoms with Crippen LogP contribution in [0.2, 0.25) is 5.28 Å². The summed E-state index contributed by atoms with van der Waals surface area (Å²) < 4.78 is 5.39. The van der Waals surface area contributed by atoms with Gasteiger partial charge in [-0.1, -0.05) is 6.92 Å². The summed E-state index contributed by atoms with van der Waals surface area (Å²) in [6.07, 6.45) is 2.08. The molecule has 0 aromatic carbocycles. The maximum atomic E-state index is 5.88. The van der Waals surface area contributed by atoms with Gasteiger partial charge in [0.15, 0.2) is 0 Å². The van der Waals surface area contributed by atoms with Gasteiger partial charge in [0.2, 0.25) is 17.2 Å². The Morgan fingerprint density at radius 2 is 1.79 bits per heavy atom. The lowest BCUT2D eigenvalue weighted by Crippen LogP contribution is -2.33. The first kappa shape index (κ1) is 14.3. The molecule has 1 aliphatic heterocycles. The summed E-state index contributed by atoms with van der Waals surface area (Å²) in [6, 6.07) is 0. The van der Waals surface area contributed by atoms with Crippen molar-refractivity contribution in [2.24, 2.45) is 5.41 Å². The molecule has 2 heterocycles. The van der Waals surface area contributed by atoms with Crippen molar-refractivity contribution in [3.63, 3.8) is 0 Å². The van der Waals surface area contributed by atoms with Crippen LogP contribution in [0.1, 0.15) is 26.7 Å². The molecule has 1 aliphatic rings. The smallest absolute Gasteiger partial charge is 0.228 e. The van der Waals surface area contributed by atoms with Crippen molar-refractivity contribution in [2.75, 3.05) is 36.9 Å². The van der Waals surface area contributed by atoms with Crippen LogP contribution < -0.4 is 10.6 Å². The van der Waals surface area contributed by atoms with Gasteiger partial charge in [0.25, 0.3) is 0 Å². The molecule has 1 saturated heterocycles. The molecule has 6 nitrogen and oxygen atoms in total. The molecule has 2 N–H and O–H groups in total. The number of halogens is 1. The van der Waals surface area contributed by atoms with Crippen LogP contribution in [0.4, 0.5) is 11.9 Å². The zero-order chi connectivity index (χ0) is 13.7. The molecule has 19 heavy (non-hydrogen) atoms. The van der Waals surface area contributed by atoms with Gasteiger partial charge in [0.1, 0.15) is 0 Å². The highest BCUT2D eigenvalue weighted by Crippen LogP contribution is 2.29. The number of hydrogen-bond donors (Lipinski definition) is 2. The zero-order valence-corrected chi connectivity index (χ0v) is 12.1. The van der Waals surface area contributed by atoms with Crippen LogP contribution in [0.15, 0.2) is 0 Å². The Kier molecular flexibility index (Phi) is 4.76. The van der Waals surface area contributed by atoms with E-state index in [-0.39, 0.29) is 10.7 Å². The molecule has 0 amide bonds. The van der Waals surface area contributed by atoms with E-state index in [1.54, 1.807) is 0 Å². The van der Waals surface area contributed by atoms with Crippen LogP contribution in [-0.2, 0) is 4.74 Å². The molecule has 1 aromatic heterocycles. The number of nitrogens with one attached hydrogen (secondary N) is 2. The first-order chi connectivity index (χ1) is 9.11. The van der Waals surface area contributed by atoms with Crippen LogP contribution in [0.5, 0.6) is 0 Å².